The fraction of sp³-hybridized carbons (Fsp3) is 0.786. The van der Waals surface area contributed by atoms with E-state index in [1.165, 1.54) is 0 Å². The summed E-state index contributed by atoms with van der Waals surface area (Å²) in [5.41, 5.74) is 2.19. The van der Waals surface area contributed by atoms with E-state index in [0.717, 1.165) is 55.3 Å². The molecule has 0 saturated carbocycles. The molecule has 20 heavy (non-hydrogen) atoms. The van der Waals surface area contributed by atoms with Crippen molar-refractivity contribution in [3.63, 3.8) is 0 Å². The quantitative estimate of drug-likeness (QED) is 0.858. The predicted octanol–water partition coefficient (Wildman–Crippen LogP) is 1.20. The van der Waals surface area contributed by atoms with Gasteiger partial charge in [0.1, 0.15) is 5.15 Å². The van der Waals surface area contributed by atoms with Crippen LogP contribution in [0.2, 0.25) is 5.15 Å². The van der Waals surface area contributed by atoms with Gasteiger partial charge in [0.15, 0.2) is 0 Å². The fourth-order valence-electron chi connectivity index (χ4n) is 2.91. The second kappa shape index (κ2) is 6.89. The van der Waals surface area contributed by atoms with E-state index in [0.29, 0.717) is 0 Å². The Bertz CT molecular complexity index is 442. The first-order chi connectivity index (χ1) is 9.56. The molecule has 1 atom stereocenters. The molecule has 0 amide bonds. The number of aryl methyl sites for hydroxylation is 2. The smallest absolute Gasteiger partial charge is 0.131 e. The van der Waals surface area contributed by atoms with E-state index in [9.17, 15) is 5.11 Å². The summed E-state index contributed by atoms with van der Waals surface area (Å²) in [6, 6.07) is 0. The number of aliphatic hydroxyl groups is 2. The third-order valence-corrected chi connectivity index (χ3v) is 4.70. The molecule has 0 radical (unpaired) electrons. The van der Waals surface area contributed by atoms with Crippen molar-refractivity contribution in [2.45, 2.75) is 38.8 Å². The number of halogens is 1. The van der Waals surface area contributed by atoms with Gasteiger partial charge in [0.05, 0.1) is 18.4 Å². The molecule has 1 aliphatic heterocycles. The van der Waals surface area contributed by atoms with Gasteiger partial charge < -0.3 is 10.2 Å². The van der Waals surface area contributed by atoms with Crippen LogP contribution in [0.1, 0.15) is 31.0 Å². The maximum absolute atomic E-state index is 9.69. The van der Waals surface area contributed by atoms with Gasteiger partial charge in [0.25, 0.3) is 0 Å². The number of hydrogen-bond acceptors (Lipinski definition) is 4. The summed E-state index contributed by atoms with van der Waals surface area (Å²) < 4.78 is 1.73. The second-order valence-corrected chi connectivity index (χ2v) is 5.91. The largest absolute Gasteiger partial charge is 0.394 e. The molecule has 1 aromatic rings. The van der Waals surface area contributed by atoms with E-state index < -0.39 is 6.10 Å². The first-order valence-electron chi connectivity index (χ1n) is 7.28. The summed E-state index contributed by atoms with van der Waals surface area (Å²) >= 11 is 6.31. The van der Waals surface area contributed by atoms with E-state index in [1.54, 1.807) is 4.68 Å². The Morgan fingerprint density at radius 2 is 2.05 bits per heavy atom. The standard InChI is InChI=1S/C14H24ClN3O2/c1-3-12-11(14(15)17(2)16-12)8-18-6-4-10(5-7-18)13(20)9-19/h10,13,19-20H,3-9H2,1-2H3. The molecule has 2 N–H and O–H groups in total. The van der Waals surface area contributed by atoms with Crippen LogP contribution in [0.5, 0.6) is 0 Å². The zero-order chi connectivity index (χ0) is 14.7. The topological polar surface area (TPSA) is 61.5 Å². The van der Waals surface area contributed by atoms with Crippen LogP contribution in [0.3, 0.4) is 0 Å². The Morgan fingerprint density at radius 1 is 1.40 bits per heavy atom. The monoisotopic (exact) mass is 301 g/mol. The molecule has 5 nitrogen and oxygen atoms in total. The molecule has 114 valence electrons. The summed E-state index contributed by atoms with van der Waals surface area (Å²) in [5.74, 6) is 0.214. The summed E-state index contributed by atoms with van der Waals surface area (Å²) in [5, 5.41) is 23.8. The van der Waals surface area contributed by atoms with Crippen molar-refractivity contribution in [2.24, 2.45) is 13.0 Å². The zero-order valence-electron chi connectivity index (χ0n) is 12.2. The highest BCUT2D eigenvalue weighted by Gasteiger charge is 2.26. The van der Waals surface area contributed by atoms with Gasteiger partial charge in [0, 0.05) is 19.2 Å². The Kier molecular flexibility index (Phi) is 5.43. The van der Waals surface area contributed by atoms with Gasteiger partial charge >= 0.3 is 0 Å². The van der Waals surface area contributed by atoms with Crippen molar-refractivity contribution in [1.82, 2.24) is 14.7 Å². The van der Waals surface area contributed by atoms with E-state index >= 15 is 0 Å². The molecule has 1 unspecified atom stereocenters. The Morgan fingerprint density at radius 3 is 2.60 bits per heavy atom. The highest BCUT2D eigenvalue weighted by molar-refractivity contribution is 6.30. The molecule has 1 aromatic heterocycles. The van der Waals surface area contributed by atoms with Crippen LogP contribution in [0.25, 0.3) is 0 Å². The molecule has 1 saturated heterocycles. The number of rotatable bonds is 5. The lowest BCUT2D eigenvalue weighted by molar-refractivity contribution is 0.0171. The minimum Gasteiger partial charge on any atom is -0.394 e. The molecule has 0 spiro atoms. The molecule has 2 heterocycles. The molecule has 2 rings (SSSR count). The van der Waals surface area contributed by atoms with Gasteiger partial charge in [0.2, 0.25) is 0 Å². The summed E-state index contributed by atoms with van der Waals surface area (Å²) in [6.07, 6.45) is 2.14. The highest BCUT2D eigenvalue weighted by atomic mass is 35.5. The minimum absolute atomic E-state index is 0.140. The number of hydrogen-bond donors (Lipinski definition) is 2. The third-order valence-electron chi connectivity index (χ3n) is 4.23. The molecule has 0 bridgehead atoms. The Balaban J connectivity index is 1.96. The van der Waals surface area contributed by atoms with Crippen LogP contribution in [0.4, 0.5) is 0 Å². The fourth-order valence-corrected chi connectivity index (χ4v) is 3.12. The number of aromatic nitrogens is 2. The first kappa shape index (κ1) is 15.8. The lowest BCUT2D eigenvalue weighted by atomic mass is 9.91. The Labute approximate surface area is 125 Å². The van der Waals surface area contributed by atoms with Crippen LogP contribution in [0, 0.1) is 5.92 Å². The average molecular weight is 302 g/mol. The number of nitrogens with zero attached hydrogens (tertiary/aromatic N) is 3. The van der Waals surface area contributed by atoms with Gasteiger partial charge in [-0.2, -0.15) is 5.10 Å². The first-order valence-corrected chi connectivity index (χ1v) is 7.66. The number of likely N-dealkylation sites (tertiary alicyclic amines) is 1. The zero-order valence-corrected chi connectivity index (χ0v) is 13.0. The van der Waals surface area contributed by atoms with Crippen molar-refractivity contribution in [1.29, 1.82) is 0 Å². The number of aliphatic hydroxyl groups excluding tert-OH is 2. The average Bonchev–Trinajstić information content (AvgIpc) is 2.75. The van der Waals surface area contributed by atoms with Crippen LogP contribution in [-0.2, 0) is 20.0 Å². The number of piperidine rings is 1. The predicted molar refractivity (Wildman–Crippen MR) is 78.7 cm³/mol. The molecule has 0 aliphatic carbocycles. The van der Waals surface area contributed by atoms with Crippen molar-refractivity contribution < 1.29 is 10.2 Å². The van der Waals surface area contributed by atoms with E-state index in [4.69, 9.17) is 16.7 Å². The summed E-state index contributed by atoms with van der Waals surface area (Å²) in [6.45, 7) is 4.62. The minimum atomic E-state index is -0.578. The molecule has 0 aromatic carbocycles. The third kappa shape index (κ3) is 3.34. The maximum atomic E-state index is 9.69. The van der Waals surface area contributed by atoms with Gasteiger partial charge in [-0.1, -0.05) is 18.5 Å². The Hall–Kier alpha value is -0.620. The summed E-state index contributed by atoms with van der Waals surface area (Å²) in [7, 11) is 1.87. The van der Waals surface area contributed by atoms with Crippen molar-refractivity contribution in [3.8, 4) is 0 Å². The van der Waals surface area contributed by atoms with Crippen LogP contribution >= 0.6 is 11.6 Å². The SMILES string of the molecule is CCc1nn(C)c(Cl)c1CN1CCC(C(O)CO)CC1. The molecule has 6 heteroatoms. The van der Waals surface area contributed by atoms with Crippen molar-refractivity contribution in [2.75, 3.05) is 19.7 Å². The maximum Gasteiger partial charge on any atom is 0.131 e. The molecule has 1 fully saturated rings. The normalized spacial score (nSPS) is 19.4. The van der Waals surface area contributed by atoms with Crippen LogP contribution in [0.15, 0.2) is 0 Å². The van der Waals surface area contributed by atoms with Crippen molar-refractivity contribution >= 4 is 11.6 Å². The van der Waals surface area contributed by atoms with Gasteiger partial charge in [-0.25, -0.2) is 0 Å². The second-order valence-electron chi connectivity index (χ2n) is 5.56. The molecular formula is C14H24ClN3O2. The van der Waals surface area contributed by atoms with Gasteiger partial charge in [-0.3, -0.25) is 9.58 Å². The lowest BCUT2D eigenvalue weighted by Crippen LogP contribution is -2.38. The lowest BCUT2D eigenvalue weighted by Gasteiger charge is -2.33. The van der Waals surface area contributed by atoms with Gasteiger partial charge in [-0.05, 0) is 38.3 Å². The van der Waals surface area contributed by atoms with Crippen LogP contribution < -0.4 is 0 Å². The highest BCUT2D eigenvalue weighted by Crippen LogP contribution is 2.26. The van der Waals surface area contributed by atoms with E-state index in [-0.39, 0.29) is 12.5 Å². The van der Waals surface area contributed by atoms with Gasteiger partial charge in [-0.15, -0.1) is 0 Å². The van der Waals surface area contributed by atoms with Crippen molar-refractivity contribution in [3.05, 3.63) is 16.4 Å². The molecular weight excluding hydrogens is 278 g/mol. The van der Waals surface area contributed by atoms with E-state index in [1.807, 2.05) is 7.05 Å². The summed E-state index contributed by atoms with van der Waals surface area (Å²) in [4.78, 5) is 2.35. The molecule has 1 aliphatic rings. The van der Waals surface area contributed by atoms with E-state index in [2.05, 4.69) is 16.9 Å². The van der Waals surface area contributed by atoms with Crippen LogP contribution in [-0.4, -0.2) is 50.7 Å².